The highest BCUT2D eigenvalue weighted by Crippen LogP contribution is 2.02. The fraction of sp³-hybridized carbons (Fsp3) is 0.444. The van der Waals surface area contributed by atoms with E-state index in [1.54, 1.807) is 0 Å². The normalized spacial score (nSPS) is 10.9. The summed E-state index contributed by atoms with van der Waals surface area (Å²) in [7, 11) is 0. The molecule has 6 heteroatoms. The second-order valence-electron chi connectivity index (χ2n) is 2.88. The van der Waals surface area contributed by atoms with Gasteiger partial charge < -0.3 is 16.2 Å². The van der Waals surface area contributed by atoms with Gasteiger partial charge in [0.2, 0.25) is 5.91 Å². The Labute approximate surface area is 87.1 Å². The van der Waals surface area contributed by atoms with Crippen molar-refractivity contribution in [2.75, 3.05) is 13.1 Å². The largest absolute Gasteiger partial charge is 0.478 e. The van der Waals surface area contributed by atoms with E-state index in [0.717, 1.165) is 6.08 Å². The van der Waals surface area contributed by atoms with Gasteiger partial charge in [-0.2, -0.15) is 0 Å². The number of carboxylic acids is 1. The minimum absolute atomic E-state index is 0.0305. The van der Waals surface area contributed by atoms with Gasteiger partial charge in [0.05, 0.1) is 6.42 Å². The Morgan fingerprint density at radius 3 is 2.40 bits per heavy atom. The molecule has 84 valence electrons. The summed E-state index contributed by atoms with van der Waals surface area (Å²) in [5, 5.41) is 10.9. The van der Waals surface area contributed by atoms with Gasteiger partial charge in [0.15, 0.2) is 5.78 Å². The van der Waals surface area contributed by atoms with Crippen molar-refractivity contribution in [3.63, 3.8) is 0 Å². The van der Waals surface area contributed by atoms with E-state index in [1.165, 1.54) is 6.92 Å². The number of nitrogens with one attached hydrogen (secondary N) is 1. The Morgan fingerprint density at radius 2 is 2.00 bits per heavy atom. The fourth-order valence-corrected chi connectivity index (χ4v) is 0.873. The van der Waals surface area contributed by atoms with Crippen molar-refractivity contribution >= 4 is 17.7 Å². The molecule has 1 amide bonds. The topological polar surface area (TPSA) is 109 Å². The van der Waals surface area contributed by atoms with Gasteiger partial charge in [0, 0.05) is 24.7 Å². The summed E-state index contributed by atoms with van der Waals surface area (Å²) < 4.78 is 0. The minimum Gasteiger partial charge on any atom is -0.478 e. The molecule has 0 unspecified atom stereocenters. The zero-order valence-corrected chi connectivity index (χ0v) is 8.45. The Kier molecular flexibility index (Phi) is 5.96. The van der Waals surface area contributed by atoms with E-state index in [0.29, 0.717) is 13.1 Å². The molecule has 0 spiro atoms. The molecule has 0 rings (SSSR count). The number of hydrogen-bond acceptors (Lipinski definition) is 4. The SMILES string of the molecule is CC(=O)/C(=C\C(=O)O)CC(=O)NCCN. The van der Waals surface area contributed by atoms with E-state index in [-0.39, 0.29) is 12.0 Å². The van der Waals surface area contributed by atoms with E-state index < -0.39 is 17.7 Å². The molecule has 0 aromatic rings. The van der Waals surface area contributed by atoms with Crippen molar-refractivity contribution in [3.05, 3.63) is 11.6 Å². The van der Waals surface area contributed by atoms with Crippen LogP contribution in [0.3, 0.4) is 0 Å². The number of hydrogen-bond donors (Lipinski definition) is 3. The van der Waals surface area contributed by atoms with Crippen molar-refractivity contribution in [3.8, 4) is 0 Å². The number of amides is 1. The average molecular weight is 214 g/mol. The quantitative estimate of drug-likeness (QED) is 0.494. The number of nitrogens with two attached hydrogens (primary N) is 1. The van der Waals surface area contributed by atoms with Crippen LogP contribution in [0.2, 0.25) is 0 Å². The van der Waals surface area contributed by atoms with Crippen molar-refractivity contribution in [2.45, 2.75) is 13.3 Å². The summed E-state index contributed by atoms with van der Waals surface area (Å²) in [5.74, 6) is -2.09. The van der Waals surface area contributed by atoms with Gasteiger partial charge >= 0.3 is 5.97 Å². The number of ketones is 1. The zero-order valence-electron chi connectivity index (χ0n) is 8.45. The first kappa shape index (κ1) is 13.3. The summed E-state index contributed by atoms with van der Waals surface area (Å²) in [5.41, 5.74) is 5.13. The summed E-state index contributed by atoms with van der Waals surface area (Å²) in [6, 6.07) is 0. The van der Waals surface area contributed by atoms with Crippen LogP contribution in [0.15, 0.2) is 11.6 Å². The second-order valence-corrected chi connectivity index (χ2v) is 2.88. The molecule has 0 saturated heterocycles. The number of rotatable bonds is 6. The average Bonchev–Trinajstić information content (AvgIpc) is 2.12. The third-order valence-electron chi connectivity index (χ3n) is 1.57. The van der Waals surface area contributed by atoms with Crippen LogP contribution < -0.4 is 11.1 Å². The lowest BCUT2D eigenvalue weighted by molar-refractivity contribution is -0.131. The highest BCUT2D eigenvalue weighted by molar-refractivity contribution is 6.02. The third kappa shape index (κ3) is 6.39. The Morgan fingerprint density at radius 1 is 1.40 bits per heavy atom. The van der Waals surface area contributed by atoms with Gasteiger partial charge in [-0.15, -0.1) is 0 Å². The Balaban J connectivity index is 4.37. The summed E-state index contributed by atoms with van der Waals surface area (Å²) in [6.45, 7) is 1.81. The van der Waals surface area contributed by atoms with E-state index >= 15 is 0 Å². The molecule has 0 saturated carbocycles. The lowest BCUT2D eigenvalue weighted by atomic mass is 10.1. The first-order valence-electron chi connectivity index (χ1n) is 4.38. The van der Waals surface area contributed by atoms with Crippen LogP contribution in [0, 0.1) is 0 Å². The molecule has 0 aromatic carbocycles. The molecule has 0 fully saturated rings. The van der Waals surface area contributed by atoms with Gasteiger partial charge in [0.25, 0.3) is 0 Å². The molecule has 0 radical (unpaired) electrons. The van der Waals surface area contributed by atoms with Crippen molar-refractivity contribution in [1.82, 2.24) is 5.32 Å². The molecule has 0 bridgehead atoms. The van der Waals surface area contributed by atoms with Crippen LogP contribution in [0.1, 0.15) is 13.3 Å². The predicted octanol–water partition coefficient (Wildman–Crippen LogP) is -0.949. The fourth-order valence-electron chi connectivity index (χ4n) is 0.873. The number of carbonyl (C=O) groups is 3. The zero-order chi connectivity index (χ0) is 11.8. The van der Waals surface area contributed by atoms with Crippen molar-refractivity contribution < 1.29 is 19.5 Å². The molecule has 4 N–H and O–H groups in total. The van der Waals surface area contributed by atoms with E-state index in [2.05, 4.69) is 5.32 Å². The first-order valence-corrected chi connectivity index (χ1v) is 4.38. The monoisotopic (exact) mass is 214 g/mol. The molecule has 0 aliphatic carbocycles. The van der Waals surface area contributed by atoms with Crippen LogP contribution in [-0.4, -0.2) is 35.9 Å². The standard InChI is InChI=1S/C9H14N2O4/c1-6(12)7(5-9(14)15)4-8(13)11-3-2-10/h5H,2-4,10H2,1H3,(H,11,13)(H,14,15)/b7-5-. The molecule has 0 atom stereocenters. The van der Waals surface area contributed by atoms with E-state index in [9.17, 15) is 14.4 Å². The summed E-state index contributed by atoms with van der Waals surface area (Å²) in [4.78, 5) is 32.4. The Hall–Kier alpha value is -1.69. The van der Waals surface area contributed by atoms with Gasteiger partial charge in [0.1, 0.15) is 0 Å². The van der Waals surface area contributed by atoms with Crippen LogP contribution in [0.4, 0.5) is 0 Å². The minimum atomic E-state index is -1.24. The number of Topliss-reactive ketones (excluding diaryl/α,β-unsaturated/α-hetero) is 1. The third-order valence-corrected chi connectivity index (χ3v) is 1.57. The number of carboxylic acid groups (broad SMARTS) is 1. The van der Waals surface area contributed by atoms with Crippen LogP contribution in [0.25, 0.3) is 0 Å². The van der Waals surface area contributed by atoms with Gasteiger partial charge in [-0.3, -0.25) is 9.59 Å². The predicted molar refractivity (Wildman–Crippen MR) is 53.1 cm³/mol. The maximum Gasteiger partial charge on any atom is 0.328 e. The second kappa shape index (κ2) is 6.72. The molecular weight excluding hydrogens is 200 g/mol. The van der Waals surface area contributed by atoms with Crippen LogP contribution in [-0.2, 0) is 14.4 Å². The van der Waals surface area contributed by atoms with Crippen LogP contribution in [0.5, 0.6) is 0 Å². The number of aliphatic carboxylic acids is 1. The maximum atomic E-state index is 11.1. The van der Waals surface area contributed by atoms with E-state index in [4.69, 9.17) is 10.8 Å². The van der Waals surface area contributed by atoms with Crippen molar-refractivity contribution in [1.29, 1.82) is 0 Å². The van der Waals surface area contributed by atoms with E-state index in [1.807, 2.05) is 0 Å². The molecule has 0 aliphatic rings. The first-order chi connectivity index (χ1) is 6.97. The lowest BCUT2D eigenvalue weighted by Gasteiger charge is -2.04. The highest BCUT2D eigenvalue weighted by Gasteiger charge is 2.11. The van der Waals surface area contributed by atoms with Gasteiger partial charge in [-0.1, -0.05) is 0 Å². The van der Waals surface area contributed by atoms with Crippen LogP contribution >= 0.6 is 0 Å². The van der Waals surface area contributed by atoms with Gasteiger partial charge in [-0.25, -0.2) is 4.79 Å². The maximum absolute atomic E-state index is 11.1. The summed E-state index contributed by atoms with van der Waals surface area (Å²) >= 11 is 0. The smallest absolute Gasteiger partial charge is 0.328 e. The van der Waals surface area contributed by atoms with Crippen molar-refractivity contribution in [2.24, 2.45) is 5.73 Å². The van der Waals surface area contributed by atoms with Gasteiger partial charge in [-0.05, 0) is 6.92 Å². The highest BCUT2D eigenvalue weighted by atomic mass is 16.4. The molecule has 15 heavy (non-hydrogen) atoms. The molecule has 6 nitrogen and oxygen atoms in total. The molecule has 0 aliphatic heterocycles. The summed E-state index contributed by atoms with van der Waals surface area (Å²) in [6.07, 6.45) is 0.506. The molecule has 0 heterocycles. The Bertz CT molecular complexity index is 296. The molecule has 0 aromatic heterocycles. The molecular formula is C9H14N2O4. The lowest BCUT2D eigenvalue weighted by Crippen LogP contribution is -2.29. The number of carbonyl (C=O) groups excluding carboxylic acids is 2.